The zero-order valence-electron chi connectivity index (χ0n) is 7.71. The van der Waals surface area contributed by atoms with Gasteiger partial charge in [-0.3, -0.25) is 0 Å². The fraction of sp³-hybridized carbons (Fsp3) is 0.333. The lowest BCUT2D eigenvalue weighted by molar-refractivity contribution is 0.417. The Labute approximate surface area is 77.9 Å². The Hall–Kier alpha value is -1.42. The Balaban J connectivity index is 2.81. The first-order chi connectivity index (χ1) is 6.29. The molecule has 0 saturated heterocycles. The Morgan fingerprint density at radius 2 is 2.23 bits per heavy atom. The summed E-state index contributed by atoms with van der Waals surface area (Å²) in [5, 5.41) is 3.11. The van der Waals surface area contributed by atoms with Crippen molar-refractivity contribution in [2.24, 2.45) is 5.73 Å². The molecule has 5 N–H and O–H groups in total. The van der Waals surface area contributed by atoms with Crippen LogP contribution in [0.4, 0.5) is 11.4 Å². The number of benzene rings is 1. The molecule has 4 heteroatoms. The normalized spacial score (nSPS) is 9.69. The van der Waals surface area contributed by atoms with E-state index in [-0.39, 0.29) is 0 Å². The molecule has 0 aliphatic heterocycles. The topological polar surface area (TPSA) is 73.3 Å². The first-order valence-corrected chi connectivity index (χ1v) is 4.16. The second-order valence-electron chi connectivity index (χ2n) is 2.64. The average molecular weight is 181 g/mol. The van der Waals surface area contributed by atoms with Gasteiger partial charge in [0.2, 0.25) is 0 Å². The van der Waals surface area contributed by atoms with E-state index in [2.05, 4.69) is 5.32 Å². The van der Waals surface area contributed by atoms with Gasteiger partial charge in [-0.1, -0.05) is 6.07 Å². The molecular weight excluding hydrogens is 166 g/mol. The van der Waals surface area contributed by atoms with Crippen LogP contribution in [0.25, 0.3) is 0 Å². The Morgan fingerprint density at radius 3 is 2.85 bits per heavy atom. The molecule has 13 heavy (non-hydrogen) atoms. The molecule has 0 radical (unpaired) electrons. The quantitative estimate of drug-likeness (QED) is 0.596. The van der Waals surface area contributed by atoms with Crippen LogP contribution in [0, 0.1) is 0 Å². The summed E-state index contributed by atoms with van der Waals surface area (Å²) < 4.78 is 5.07. The largest absolute Gasteiger partial charge is 0.495 e. The van der Waals surface area contributed by atoms with Crippen LogP contribution >= 0.6 is 0 Å². The second-order valence-corrected chi connectivity index (χ2v) is 2.64. The van der Waals surface area contributed by atoms with Gasteiger partial charge < -0.3 is 21.5 Å². The van der Waals surface area contributed by atoms with E-state index in [4.69, 9.17) is 16.2 Å². The third kappa shape index (κ3) is 2.26. The third-order valence-electron chi connectivity index (χ3n) is 1.75. The number of rotatable bonds is 4. The van der Waals surface area contributed by atoms with E-state index >= 15 is 0 Å². The Kier molecular flexibility index (Phi) is 3.40. The molecule has 0 amide bonds. The van der Waals surface area contributed by atoms with Crippen LogP contribution in [0.1, 0.15) is 0 Å². The van der Waals surface area contributed by atoms with Gasteiger partial charge in [-0.05, 0) is 12.1 Å². The maximum atomic E-state index is 5.81. The molecule has 0 heterocycles. The molecule has 1 aromatic rings. The van der Waals surface area contributed by atoms with Crippen LogP contribution in [0.3, 0.4) is 0 Å². The number of hydrogen-bond acceptors (Lipinski definition) is 4. The van der Waals surface area contributed by atoms with E-state index in [0.29, 0.717) is 24.5 Å². The van der Waals surface area contributed by atoms with Crippen molar-refractivity contribution in [2.75, 3.05) is 31.2 Å². The van der Waals surface area contributed by atoms with Crippen molar-refractivity contribution in [3.63, 3.8) is 0 Å². The van der Waals surface area contributed by atoms with Gasteiger partial charge in [-0.15, -0.1) is 0 Å². The molecule has 0 unspecified atom stereocenters. The predicted octanol–water partition coefficient (Wildman–Crippen LogP) is 0.648. The summed E-state index contributed by atoms with van der Waals surface area (Å²) in [4.78, 5) is 0. The summed E-state index contributed by atoms with van der Waals surface area (Å²) in [6.45, 7) is 1.29. The van der Waals surface area contributed by atoms with E-state index in [1.54, 1.807) is 7.11 Å². The van der Waals surface area contributed by atoms with Gasteiger partial charge in [0.1, 0.15) is 5.75 Å². The minimum Gasteiger partial charge on any atom is -0.495 e. The first kappa shape index (κ1) is 9.67. The van der Waals surface area contributed by atoms with Crippen LogP contribution in [0.15, 0.2) is 18.2 Å². The number of nitrogens with two attached hydrogens (primary N) is 2. The molecule has 0 aliphatic rings. The van der Waals surface area contributed by atoms with E-state index in [1.165, 1.54) is 0 Å². The molecule has 0 aliphatic carbocycles. The van der Waals surface area contributed by atoms with Gasteiger partial charge >= 0.3 is 0 Å². The highest BCUT2D eigenvalue weighted by Crippen LogP contribution is 2.28. The maximum Gasteiger partial charge on any atom is 0.143 e. The summed E-state index contributed by atoms with van der Waals surface area (Å²) in [5.41, 5.74) is 12.7. The molecule has 72 valence electrons. The van der Waals surface area contributed by atoms with E-state index in [1.807, 2.05) is 18.2 Å². The van der Waals surface area contributed by atoms with E-state index in [9.17, 15) is 0 Å². The van der Waals surface area contributed by atoms with Crippen molar-refractivity contribution in [3.05, 3.63) is 18.2 Å². The average Bonchev–Trinajstić information content (AvgIpc) is 2.16. The Bertz CT molecular complexity index is 276. The second kappa shape index (κ2) is 4.57. The van der Waals surface area contributed by atoms with Gasteiger partial charge in [-0.2, -0.15) is 0 Å². The smallest absolute Gasteiger partial charge is 0.143 e. The molecule has 0 fully saturated rings. The lowest BCUT2D eigenvalue weighted by atomic mass is 10.2. The van der Waals surface area contributed by atoms with Gasteiger partial charge in [0.05, 0.1) is 18.5 Å². The van der Waals surface area contributed by atoms with Gasteiger partial charge in [0, 0.05) is 13.1 Å². The molecular formula is C9H15N3O. The predicted molar refractivity (Wildman–Crippen MR) is 55.0 cm³/mol. The number of nitrogen functional groups attached to an aromatic ring is 1. The number of anilines is 2. The monoisotopic (exact) mass is 181 g/mol. The summed E-state index contributed by atoms with van der Waals surface area (Å²) in [5.74, 6) is 0.682. The van der Waals surface area contributed by atoms with Gasteiger partial charge in [-0.25, -0.2) is 0 Å². The minimum atomic E-state index is 0.580. The lowest BCUT2D eigenvalue weighted by Crippen LogP contribution is -2.14. The zero-order valence-corrected chi connectivity index (χ0v) is 7.71. The minimum absolute atomic E-state index is 0.580. The highest BCUT2D eigenvalue weighted by Gasteiger charge is 2.02. The number of nitrogens with one attached hydrogen (secondary N) is 1. The van der Waals surface area contributed by atoms with Crippen molar-refractivity contribution in [3.8, 4) is 5.75 Å². The van der Waals surface area contributed by atoms with E-state index < -0.39 is 0 Å². The molecule has 0 bridgehead atoms. The van der Waals surface area contributed by atoms with Crippen LogP contribution in [0.5, 0.6) is 5.75 Å². The number of ether oxygens (including phenoxy) is 1. The molecule has 1 aromatic carbocycles. The highest BCUT2D eigenvalue weighted by molar-refractivity contribution is 5.72. The molecule has 1 rings (SSSR count). The Morgan fingerprint density at radius 1 is 1.46 bits per heavy atom. The first-order valence-electron chi connectivity index (χ1n) is 4.16. The van der Waals surface area contributed by atoms with Crippen LogP contribution in [0.2, 0.25) is 0 Å². The van der Waals surface area contributed by atoms with Crippen LogP contribution < -0.4 is 21.5 Å². The standard InChI is InChI=1S/C9H15N3O/c1-13-8-4-2-3-7(9(8)11)12-6-5-10/h2-4,12H,5-6,10-11H2,1H3. The summed E-state index contributed by atoms with van der Waals surface area (Å²) in [6.07, 6.45) is 0. The van der Waals surface area contributed by atoms with Crippen molar-refractivity contribution < 1.29 is 4.74 Å². The van der Waals surface area contributed by atoms with Crippen LogP contribution in [-0.4, -0.2) is 20.2 Å². The summed E-state index contributed by atoms with van der Waals surface area (Å²) in [6, 6.07) is 5.60. The van der Waals surface area contributed by atoms with Gasteiger partial charge in [0.25, 0.3) is 0 Å². The molecule has 0 aromatic heterocycles. The number of para-hydroxylation sites is 1. The molecule has 0 spiro atoms. The fourth-order valence-corrected chi connectivity index (χ4v) is 1.08. The molecule has 0 atom stereocenters. The van der Waals surface area contributed by atoms with Crippen molar-refractivity contribution >= 4 is 11.4 Å². The SMILES string of the molecule is COc1cccc(NCCN)c1N. The molecule has 4 nitrogen and oxygen atoms in total. The number of hydrogen-bond donors (Lipinski definition) is 3. The van der Waals surface area contributed by atoms with Crippen molar-refractivity contribution in [2.45, 2.75) is 0 Å². The van der Waals surface area contributed by atoms with E-state index in [0.717, 1.165) is 5.69 Å². The number of methoxy groups -OCH3 is 1. The fourth-order valence-electron chi connectivity index (χ4n) is 1.08. The molecule has 0 saturated carbocycles. The summed E-state index contributed by atoms with van der Waals surface area (Å²) >= 11 is 0. The van der Waals surface area contributed by atoms with Crippen LogP contribution in [-0.2, 0) is 0 Å². The summed E-state index contributed by atoms with van der Waals surface area (Å²) in [7, 11) is 1.60. The zero-order chi connectivity index (χ0) is 9.68. The van der Waals surface area contributed by atoms with Gasteiger partial charge in [0.15, 0.2) is 0 Å². The third-order valence-corrected chi connectivity index (χ3v) is 1.75. The maximum absolute atomic E-state index is 5.81. The lowest BCUT2D eigenvalue weighted by Gasteiger charge is -2.10. The highest BCUT2D eigenvalue weighted by atomic mass is 16.5. The van der Waals surface area contributed by atoms with Crippen molar-refractivity contribution in [1.82, 2.24) is 0 Å². The van der Waals surface area contributed by atoms with Crippen molar-refractivity contribution in [1.29, 1.82) is 0 Å².